The number of anilines is 3. The van der Waals surface area contributed by atoms with E-state index in [2.05, 4.69) is 26.2 Å². The van der Waals surface area contributed by atoms with Gasteiger partial charge in [-0.3, -0.25) is 4.79 Å². The van der Waals surface area contributed by atoms with Crippen LogP contribution >= 0.6 is 27.3 Å². The highest BCUT2D eigenvalue weighted by atomic mass is 79.9. The van der Waals surface area contributed by atoms with Crippen molar-refractivity contribution in [1.82, 2.24) is 4.98 Å². The molecule has 3 N–H and O–H groups in total. The second-order valence-corrected chi connectivity index (χ2v) is 7.07. The fourth-order valence-electron chi connectivity index (χ4n) is 2.21. The molecule has 7 heteroatoms. The quantitative estimate of drug-likeness (QED) is 0.559. The summed E-state index contributed by atoms with van der Waals surface area (Å²) in [5.74, 6) is 0.895. The average Bonchev–Trinajstić information content (AvgIpc) is 2.97. The fourth-order valence-corrected chi connectivity index (χ4v) is 3.34. The molecular formula is C18H16BrN3O2S. The summed E-state index contributed by atoms with van der Waals surface area (Å²) in [5, 5.41) is 3.73. The van der Waals surface area contributed by atoms with Crippen LogP contribution < -0.4 is 15.8 Å². The fraction of sp³-hybridized carbons (Fsp3) is 0.111. The van der Waals surface area contributed by atoms with Crippen LogP contribution in [0.5, 0.6) is 5.75 Å². The minimum Gasteiger partial charge on any atom is -0.494 e. The molecule has 0 unspecified atom stereocenters. The highest BCUT2D eigenvalue weighted by Crippen LogP contribution is 2.30. The number of hydrogen-bond acceptors (Lipinski definition) is 6. The van der Waals surface area contributed by atoms with Crippen molar-refractivity contribution in [3.05, 3.63) is 63.4 Å². The van der Waals surface area contributed by atoms with Crippen LogP contribution in [0.25, 0.3) is 0 Å². The molecule has 2 aromatic carbocycles. The molecule has 128 valence electrons. The van der Waals surface area contributed by atoms with Gasteiger partial charge in [-0.15, -0.1) is 0 Å². The Balaban J connectivity index is 1.77. The van der Waals surface area contributed by atoms with Gasteiger partial charge in [-0.25, -0.2) is 4.98 Å². The molecule has 1 aromatic heterocycles. The van der Waals surface area contributed by atoms with Crippen LogP contribution in [-0.4, -0.2) is 17.4 Å². The lowest BCUT2D eigenvalue weighted by Gasteiger charge is -2.05. The number of nitrogens with zero attached hydrogens (tertiary/aromatic N) is 1. The number of aromatic nitrogens is 1. The Labute approximate surface area is 158 Å². The maximum Gasteiger partial charge on any atom is 0.206 e. The van der Waals surface area contributed by atoms with Crippen molar-refractivity contribution in [3.63, 3.8) is 0 Å². The Morgan fingerprint density at radius 1 is 1.20 bits per heavy atom. The standard InChI is InChI=1S/C18H16BrN3O2S/c1-2-24-14-9-7-13(8-10-14)21-18-22-17(20)16(25-18)15(23)11-3-5-12(19)6-4-11/h3-10H,2,20H2,1H3,(H,21,22). The first kappa shape index (κ1) is 17.4. The third kappa shape index (κ3) is 4.18. The Hall–Kier alpha value is -2.38. The van der Waals surface area contributed by atoms with Gasteiger partial charge in [-0.1, -0.05) is 27.3 Å². The van der Waals surface area contributed by atoms with Crippen LogP contribution in [0.1, 0.15) is 22.2 Å². The summed E-state index contributed by atoms with van der Waals surface area (Å²) in [6.45, 7) is 2.56. The number of nitrogens with two attached hydrogens (primary N) is 1. The maximum atomic E-state index is 12.6. The van der Waals surface area contributed by atoms with Crippen molar-refractivity contribution in [2.24, 2.45) is 0 Å². The molecular weight excluding hydrogens is 402 g/mol. The lowest BCUT2D eigenvalue weighted by Crippen LogP contribution is -2.02. The normalized spacial score (nSPS) is 10.5. The van der Waals surface area contributed by atoms with Gasteiger partial charge in [0.15, 0.2) is 5.13 Å². The first-order valence-electron chi connectivity index (χ1n) is 7.63. The molecule has 0 fully saturated rings. The molecule has 0 spiro atoms. The number of ketones is 1. The summed E-state index contributed by atoms with van der Waals surface area (Å²) in [4.78, 5) is 17.3. The summed E-state index contributed by atoms with van der Waals surface area (Å²) in [6, 6.07) is 14.7. The molecule has 3 rings (SSSR count). The zero-order chi connectivity index (χ0) is 17.8. The third-order valence-corrected chi connectivity index (χ3v) is 4.90. The summed E-state index contributed by atoms with van der Waals surface area (Å²) >= 11 is 4.59. The van der Waals surface area contributed by atoms with Crippen molar-refractivity contribution >= 4 is 49.7 Å². The molecule has 0 amide bonds. The van der Waals surface area contributed by atoms with Crippen LogP contribution in [0.3, 0.4) is 0 Å². The van der Waals surface area contributed by atoms with Crippen LogP contribution in [0.2, 0.25) is 0 Å². The number of nitrogens with one attached hydrogen (secondary N) is 1. The van der Waals surface area contributed by atoms with Crippen LogP contribution in [0.4, 0.5) is 16.6 Å². The number of halogens is 1. The monoisotopic (exact) mass is 417 g/mol. The van der Waals surface area contributed by atoms with Gasteiger partial charge in [0.2, 0.25) is 5.78 Å². The van der Waals surface area contributed by atoms with E-state index in [9.17, 15) is 4.79 Å². The van der Waals surface area contributed by atoms with Gasteiger partial charge in [0.25, 0.3) is 0 Å². The molecule has 0 saturated carbocycles. The number of nitrogen functional groups attached to an aromatic ring is 1. The van der Waals surface area contributed by atoms with Crippen LogP contribution in [0.15, 0.2) is 53.0 Å². The second-order valence-electron chi connectivity index (χ2n) is 5.15. The lowest BCUT2D eigenvalue weighted by molar-refractivity contribution is 0.104. The minimum absolute atomic E-state index is 0.137. The molecule has 3 aromatic rings. The number of rotatable bonds is 6. The topological polar surface area (TPSA) is 77.2 Å². The molecule has 0 radical (unpaired) electrons. The Bertz CT molecular complexity index is 876. The van der Waals surface area contributed by atoms with Gasteiger partial charge in [0, 0.05) is 15.7 Å². The van der Waals surface area contributed by atoms with Crippen molar-refractivity contribution in [1.29, 1.82) is 0 Å². The molecule has 0 saturated heterocycles. The number of thiazole rings is 1. The van der Waals surface area contributed by atoms with E-state index in [1.807, 2.05) is 43.3 Å². The first-order valence-corrected chi connectivity index (χ1v) is 9.24. The van der Waals surface area contributed by atoms with Crippen LogP contribution in [0, 0.1) is 0 Å². The molecule has 0 aliphatic heterocycles. The first-order chi connectivity index (χ1) is 12.1. The number of benzene rings is 2. The number of ether oxygens (including phenoxy) is 1. The van der Waals surface area contributed by atoms with E-state index in [1.165, 1.54) is 11.3 Å². The minimum atomic E-state index is -0.137. The Morgan fingerprint density at radius 3 is 2.52 bits per heavy atom. The van der Waals surface area contributed by atoms with Crippen molar-refractivity contribution in [2.75, 3.05) is 17.7 Å². The average molecular weight is 418 g/mol. The highest BCUT2D eigenvalue weighted by Gasteiger charge is 2.18. The van der Waals surface area contributed by atoms with Crippen LogP contribution in [-0.2, 0) is 0 Å². The number of carbonyl (C=O) groups is 1. The largest absolute Gasteiger partial charge is 0.494 e. The second kappa shape index (κ2) is 7.67. The highest BCUT2D eigenvalue weighted by molar-refractivity contribution is 9.10. The van der Waals surface area contributed by atoms with E-state index < -0.39 is 0 Å². The predicted octanol–water partition coefficient (Wildman–Crippen LogP) is 4.86. The smallest absolute Gasteiger partial charge is 0.206 e. The zero-order valence-electron chi connectivity index (χ0n) is 13.5. The van der Waals surface area contributed by atoms with Gasteiger partial charge in [-0.2, -0.15) is 0 Å². The van der Waals surface area contributed by atoms with E-state index in [4.69, 9.17) is 10.5 Å². The van der Waals surface area contributed by atoms with Gasteiger partial charge >= 0.3 is 0 Å². The van der Waals surface area contributed by atoms with E-state index >= 15 is 0 Å². The molecule has 1 heterocycles. The number of hydrogen-bond donors (Lipinski definition) is 2. The van der Waals surface area contributed by atoms with Crippen molar-refractivity contribution < 1.29 is 9.53 Å². The third-order valence-electron chi connectivity index (χ3n) is 3.38. The van der Waals surface area contributed by atoms with E-state index in [0.717, 1.165) is 15.9 Å². The number of carbonyl (C=O) groups excluding carboxylic acids is 1. The van der Waals surface area contributed by atoms with Crippen molar-refractivity contribution in [3.8, 4) is 5.75 Å². The molecule has 0 atom stereocenters. The van der Waals surface area contributed by atoms with Gasteiger partial charge in [0.1, 0.15) is 16.4 Å². The SMILES string of the molecule is CCOc1ccc(Nc2nc(N)c(C(=O)c3ccc(Br)cc3)s2)cc1. The summed E-state index contributed by atoms with van der Waals surface area (Å²) < 4.78 is 6.33. The van der Waals surface area contributed by atoms with Gasteiger partial charge in [0.05, 0.1) is 6.61 Å². The molecule has 0 bridgehead atoms. The molecule has 5 nitrogen and oxygen atoms in total. The summed E-state index contributed by atoms with van der Waals surface area (Å²) in [5.41, 5.74) is 7.36. The maximum absolute atomic E-state index is 12.6. The summed E-state index contributed by atoms with van der Waals surface area (Å²) in [6.07, 6.45) is 0. The lowest BCUT2D eigenvalue weighted by atomic mass is 10.1. The van der Waals surface area contributed by atoms with Gasteiger partial charge < -0.3 is 15.8 Å². The van der Waals surface area contributed by atoms with Gasteiger partial charge in [-0.05, 0) is 55.5 Å². The Kier molecular flexibility index (Phi) is 5.35. The van der Waals surface area contributed by atoms with E-state index in [-0.39, 0.29) is 11.6 Å². The predicted molar refractivity (Wildman–Crippen MR) is 105 cm³/mol. The Morgan fingerprint density at radius 2 is 1.88 bits per heavy atom. The molecule has 0 aliphatic rings. The van der Waals surface area contributed by atoms with E-state index in [0.29, 0.717) is 22.2 Å². The molecule has 25 heavy (non-hydrogen) atoms. The van der Waals surface area contributed by atoms with Crippen molar-refractivity contribution in [2.45, 2.75) is 6.92 Å². The summed E-state index contributed by atoms with van der Waals surface area (Å²) in [7, 11) is 0. The van der Waals surface area contributed by atoms with E-state index in [1.54, 1.807) is 12.1 Å². The zero-order valence-corrected chi connectivity index (χ0v) is 15.9. The molecule has 0 aliphatic carbocycles.